The van der Waals surface area contributed by atoms with Gasteiger partial charge in [-0.1, -0.05) is 13.5 Å². The average molecular weight is 189 g/mol. The molecule has 12 heavy (non-hydrogen) atoms. The van der Waals surface area contributed by atoms with Crippen LogP contribution in [0, 0.1) is 0 Å². The number of hydrogen-bond acceptors (Lipinski definition) is 2. The molecule has 0 radical (unpaired) electrons. The molecular formula is C8H15NO2S. The smallest absolute Gasteiger partial charge is 0.207 e. The second-order valence-corrected chi connectivity index (χ2v) is 5.05. The van der Waals surface area contributed by atoms with Gasteiger partial charge in [0.2, 0.25) is 10.0 Å². The predicted octanol–water partition coefficient (Wildman–Crippen LogP) is 1.34. The molecule has 0 aromatic carbocycles. The normalized spacial score (nSPS) is 19.8. The van der Waals surface area contributed by atoms with Gasteiger partial charge in [-0.05, 0) is 19.3 Å². The van der Waals surface area contributed by atoms with Crippen molar-refractivity contribution in [3.63, 3.8) is 0 Å². The van der Waals surface area contributed by atoms with Crippen LogP contribution in [-0.2, 0) is 10.0 Å². The molecule has 0 atom stereocenters. The summed E-state index contributed by atoms with van der Waals surface area (Å²) in [5, 5.41) is 0. The van der Waals surface area contributed by atoms with Crippen LogP contribution in [0.2, 0.25) is 0 Å². The third kappa shape index (κ3) is 1.69. The Kier molecular flexibility index (Phi) is 2.90. The second kappa shape index (κ2) is 3.58. The van der Waals surface area contributed by atoms with Crippen molar-refractivity contribution in [3.05, 3.63) is 11.5 Å². The molecule has 0 N–H and O–H groups in total. The lowest BCUT2D eigenvalue weighted by Gasteiger charge is -2.15. The Morgan fingerprint density at radius 2 is 1.92 bits per heavy atom. The molecule has 0 aromatic heterocycles. The van der Waals surface area contributed by atoms with E-state index in [1.807, 2.05) is 6.92 Å². The topological polar surface area (TPSA) is 37.4 Å². The molecule has 1 rings (SSSR count). The van der Waals surface area contributed by atoms with Crippen LogP contribution in [0.5, 0.6) is 0 Å². The van der Waals surface area contributed by atoms with E-state index in [1.165, 1.54) is 4.31 Å². The van der Waals surface area contributed by atoms with Gasteiger partial charge in [-0.15, -0.1) is 0 Å². The van der Waals surface area contributed by atoms with Gasteiger partial charge in [-0.25, -0.2) is 8.42 Å². The van der Waals surface area contributed by atoms with Crippen molar-refractivity contribution in [1.29, 1.82) is 0 Å². The molecule has 1 saturated heterocycles. The van der Waals surface area contributed by atoms with Crippen LogP contribution in [0.15, 0.2) is 11.5 Å². The highest BCUT2D eigenvalue weighted by molar-refractivity contribution is 7.93. The van der Waals surface area contributed by atoms with Gasteiger partial charge in [-0.3, -0.25) is 0 Å². The molecule has 4 heteroatoms. The van der Waals surface area contributed by atoms with E-state index in [0.29, 0.717) is 24.4 Å². The predicted molar refractivity (Wildman–Crippen MR) is 49.2 cm³/mol. The summed E-state index contributed by atoms with van der Waals surface area (Å²) in [6.45, 7) is 6.71. The first kappa shape index (κ1) is 9.74. The van der Waals surface area contributed by atoms with E-state index in [9.17, 15) is 8.42 Å². The minimum Gasteiger partial charge on any atom is -0.207 e. The molecule has 0 saturated carbocycles. The van der Waals surface area contributed by atoms with Crippen LogP contribution < -0.4 is 0 Å². The maximum absolute atomic E-state index is 11.6. The summed E-state index contributed by atoms with van der Waals surface area (Å²) in [6, 6.07) is 0. The SMILES string of the molecule is C=C(CC)S(=O)(=O)N1CCCC1. The molecule has 0 aromatic rings. The maximum Gasteiger partial charge on any atom is 0.238 e. The van der Waals surface area contributed by atoms with E-state index < -0.39 is 10.0 Å². The van der Waals surface area contributed by atoms with Gasteiger partial charge in [0.05, 0.1) is 4.91 Å². The Bertz CT molecular complexity index is 263. The zero-order valence-corrected chi connectivity index (χ0v) is 8.23. The lowest BCUT2D eigenvalue weighted by atomic mass is 10.4. The molecule has 0 spiro atoms. The van der Waals surface area contributed by atoms with Crippen LogP contribution >= 0.6 is 0 Å². The third-order valence-corrected chi connectivity index (χ3v) is 4.23. The summed E-state index contributed by atoms with van der Waals surface area (Å²) < 4.78 is 24.7. The summed E-state index contributed by atoms with van der Waals surface area (Å²) in [7, 11) is -3.15. The highest BCUT2D eigenvalue weighted by Gasteiger charge is 2.26. The standard InChI is InChI=1S/C8H15NO2S/c1-3-8(2)12(10,11)9-6-4-5-7-9/h2-7H2,1H3. The van der Waals surface area contributed by atoms with Gasteiger partial charge < -0.3 is 0 Å². The third-order valence-electron chi connectivity index (χ3n) is 2.16. The van der Waals surface area contributed by atoms with E-state index in [2.05, 4.69) is 6.58 Å². The van der Waals surface area contributed by atoms with Crippen LogP contribution in [0.1, 0.15) is 26.2 Å². The lowest BCUT2D eigenvalue weighted by molar-refractivity contribution is 0.483. The Morgan fingerprint density at radius 1 is 1.42 bits per heavy atom. The van der Waals surface area contributed by atoms with Crippen molar-refractivity contribution in [1.82, 2.24) is 4.31 Å². The molecule has 1 fully saturated rings. The average Bonchev–Trinajstić information content (AvgIpc) is 2.55. The van der Waals surface area contributed by atoms with Crippen LogP contribution in [0.25, 0.3) is 0 Å². The van der Waals surface area contributed by atoms with E-state index in [1.54, 1.807) is 0 Å². The van der Waals surface area contributed by atoms with Crippen molar-refractivity contribution in [2.75, 3.05) is 13.1 Å². The van der Waals surface area contributed by atoms with E-state index >= 15 is 0 Å². The van der Waals surface area contributed by atoms with Crippen LogP contribution in [0.4, 0.5) is 0 Å². The molecular weight excluding hydrogens is 174 g/mol. The zero-order valence-electron chi connectivity index (χ0n) is 7.41. The minimum absolute atomic E-state index is 0.337. The largest absolute Gasteiger partial charge is 0.238 e. The van der Waals surface area contributed by atoms with Gasteiger partial charge >= 0.3 is 0 Å². The van der Waals surface area contributed by atoms with Gasteiger partial charge in [0.15, 0.2) is 0 Å². The first-order valence-electron chi connectivity index (χ1n) is 4.27. The van der Waals surface area contributed by atoms with Crippen molar-refractivity contribution in [3.8, 4) is 0 Å². The first-order chi connectivity index (χ1) is 5.59. The van der Waals surface area contributed by atoms with Crippen molar-refractivity contribution < 1.29 is 8.42 Å². The van der Waals surface area contributed by atoms with Crippen LogP contribution in [-0.4, -0.2) is 25.8 Å². The number of nitrogens with zero attached hydrogens (tertiary/aromatic N) is 1. The van der Waals surface area contributed by atoms with Gasteiger partial charge in [-0.2, -0.15) is 4.31 Å². The molecule has 3 nitrogen and oxygen atoms in total. The van der Waals surface area contributed by atoms with Gasteiger partial charge in [0.25, 0.3) is 0 Å². The van der Waals surface area contributed by atoms with E-state index in [-0.39, 0.29) is 0 Å². The summed E-state index contributed by atoms with van der Waals surface area (Å²) in [5.74, 6) is 0. The highest BCUT2D eigenvalue weighted by Crippen LogP contribution is 2.19. The quantitative estimate of drug-likeness (QED) is 0.671. The fourth-order valence-electron chi connectivity index (χ4n) is 1.29. The maximum atomic E-state index is 11.6. The summed E-state index contributed by atoms with van der Waals surface area (Å²) in [6.07, 6.45) is 2.48. The van der Waals surface area contributed by atoms with Crippen molar-refractivity contribution in [2.45, 2.75) is 26.2 Å². The van der Waals surface area contributed by atoms with E-state index in [4.69, 9.17) is 0 Å². The monoisotopic (exact) mass is 189 g/mol. The molecule has 0 amide bonds. The number of rotatable bonds is 3. The summed E-state index contributed by atoms with van der Waals surface area (Å²) in [4.78, 5) is 0.337. The van der Waals surface area contributed by atoms with Crippen LogP contribution in [0.3, 0.4) is 0 Å². The fourth-order valence-corrected chi connectivity index (χ4v) is 2.76. The van der Waals surface area contributed by atoms with Gasteiger partial charge in [0, 0.05) is 13.1 Å². The molecule has 1 aliphatic rings. The second-order valence-electron chi connectivity index (χ2n) is 3.00. The highest BCUT2D eigenvalue weighted by atomic mass is 32.2. The summed E-state index contributed by atoms with van der Waals surface area (Å²) >= 11 is 0. The van der Waals surface area contributed by atoms with Crippen molar-refractivity contribution >= 4 is 10.0 Å². The summed E-state index contributed by atoms with van der Waals surface area (Å²) in [5.41, 5.74) is 0. The molecule has 0 unspecified atom stereocenters. The Labute approximate surface area is 74.1 Å². The van der Waals surface area contributed by atoms with Gasteiger partial charge in [0.1, 0.15) is 0 Å². The number of sulfonamides is 1. The Balaban J connectivity index is 2.77. The molecule has 0 bridgehead atoms. The number of allylic oxidation sites excluding steroid dienone is 1. The molecule has 1 heterocycles. The minimum atomic E-state index is -3.15. The first-order valence-corrected chi connectivity index (χ1v) is 5.71. The lowest BCUT2D eigenvalue weighted by Crippen LogP contribution is -2.28. The Morgan fingerprint density at radius 3 is 2.33 bits per heavy atom. The molecule has 70 valence electrons. The zero-order chi connectivity index (χ0) is 9.19. The molecule has 0 aliphatic carbocycles. The molecule has 1 aliphatic heterocycles. The number of hydrogen-bond donors (Lipinski definition) is 0. The van der Waals surface area contributed by atoms with Crippen molar-refractivity contribution in [2.24, 2.45) is 0 Å². The van der Waals surface area contributed by atoms with E-state index in [0.717, 1.165) is 12.8 Å². The fraction of sp³-hybridized carbons (Fsp3) is 0.750. The Hall–Kier alpha value is -0.350.